The van der Waals surface area contributed by atoms with Crippen molar-refractivity contribution in [1.29, 1.82) is 0 Å². The molecule has 0 radical (unpaired) electrons. The van der Waals surface area contributed by atoms with Crippen LogP contribution in [-0.2, 0) is 5.54 Å². The lowest BCUT2D eigenvalue weighted by atomic mass is 9.76. The number of rotatable bonds is 5. The minimum atomic E-state index is -0.307. The predicted molar refractivity (Wildman–Crippen MR) is 105 cm³/mol. The van der Waals surface area contributed by atoms with Crippen LogP contribution in [0.15, 0.2) is 54.6 Å². The van der Waals surface area contributed by atoms with Crippen LogP contribution in [0.3, 0.4) is 0 Å². The number of ether oxygens (including phenoxy) is 1. The lowest BCUT2D eigenvalue weighted by Gasteiger charge is -2.39. The van der Waals surface area contributed by atoms with Crippen molar-refractivity contribution < 1.29 is 4.74 Å². The molecule has 1 N–H and O–H groups in total. The summed E-state index contributed by atoms with van der Waals surface area (Å²) >= 11 is 0. The summed E-state index contributed by atoms with van der Waals surface area (Å²) in [4.78, 5) is 0. The summed E-state index contributed by atoms with van der Waals surface area (Å²) in [6.07, 6.45) is 4.24. The van der Waals surface area contributed by atoms with E-state index >= 15 is 0 Å². The summed E-state index contributed by atoms with van der Waals surface area (Å²) in [6.45, 7) is 2.32. The van der Waals surface area contributed by atoms with Gasteiger partial charge in [-0.1, -0.05) is 31.2 Å². The van der Waals surface area contributed by atoms with Crippen LogP contribution in [-0.4, -0.2) is 27.3 Å². The quantitative estimate of drug-likeness (QED) is 0.736. The van der Waals surface area contributed by atoms with Gasteiger partial charge in [-0.25, -0.2) is 0 Å². The van der Waals surface area contributed by atoms with Gasteiger partial charge in [0.25, 0.3) is 0 Å². The molecular weight excluding hydrogens is 338 g/mol. The highest BCUT2D eigenvalue weighted by Crippen LogP contribution is 2.41. The highest BCUT2D eigenvalue weighted by Gasteiger charge is 2.40. The fraction of sp³-hybridized carbons (Fsp3) is 0.381. The van der Waals surface area contributed by atoms with Gasteiger partial charge in [-0.2, -0.15) is 4.68 Å². The van der Waals surface area contributed by atoms with Gasteiger partial charge in [-0.3, -0.25) is 0 Å². The molecule has 1 heterocycles. The third kappa shape index (κ3) is 3.52. The number of methoxy groups -OCH3 is 1. The van der Waals surface area contributed by atoms with Gasteiger partial charge >= 0.3 is 0 Å². The molecular formula is C21H25N5O. The van der Waals surface area contributed by atoms with E-state index < -0.39 is 0 Å². The second-order valence-electron chi connectivity index (χ2n) is 7.37. The van der Waals surface area contributed by atoms with Gasteiger partial charge in [-0.15, -0.1) is 5.10 Å². The molecule has 0 spiro atoms. The Balaban J connectivity index is 1.75. The van der Waals surface area contributed by atoms with E-state index in [1.54, 1.807) is 7.11 Å². The maximum Gasteiger partial charge on any atom is 0.181 e. The third-order valence-electron chi connectivity index (χ3n) is 5.48. The normalized spacial score (nSPS) is 22.4. The van der Waals surface area contributed by atoms with Gasteiger partial charge in [0.05, 0.1) is 18.3 Å². The first kappa shape index (κ1) is 17.5. The van der Waals surface area contributed by atoms with Gasteiger partial charge in [-0.05, 0) is 66.3 Å². The zero-order chi connectivity index (χ0) is 18.7. The molecule has 0 aliphatic heterocycles. The number of aromatic nitrogens is 4. The van der Waals surface area contributed by atoms with E-state index in [4.69, 9.17) is 4.74 Å². The Kier molecular flexibility index (Phi) is 4.79. The van der Waals surface area contributed by atoms with Crippen LogP contribution < -0.4 is 10.1 Å². The molecule has 0 unspecified atom stereocenters. The van der Waals surface area contributed by atoms with Gasteiger partial charge in [0.2, 0.25) is 0 Å². The first-order chi connectivity index (χ1) is 13.2. The summed E-state index contributed by atoms with van der Waals surface area (Å²) < 4.78 is 7.26. The molecule has 4 rings (SSSR count). The SMILES string of the molecule is COc1cccc(NC2(c3nnnn3-c3ccccc3)CCC(C)CC2)c1. The maximum absolute atomic E-state index is 5.39. The fourth-order valence-electron chi connectivity index (χ4n) is 3.87. The topological polar surface area (TPSA) is 64.9 Å². The first-order valence-corrected chi connectivity index (χ1v) is 9.47. The monoisotopic (exact) mass is 363 g/mol. The van der Waals surface area contributed by atoms with Crippen LogP contribution in [0.4, 0.5) is 5.69 Å². The molecule has 140 valence electrons. The molecule has 1 aromatic heterocycles. The van der Waals surface area contributed by atoms with Crippen LogP contribution in [0.5, 0.6) is 5.75 Å². The number of tetrazole rings is 1. The Bertz CT molecular complexity index is 884. The lowest BCUT2D eigenvalue weighted by Crippen LogP contribution is -2.41. The molecule has 1 aliphatic carbocycles. The molecule has 27 heavy (non-hydrogen) atoms. The number of hydrogen-bond donors (Lipinski definition) is 1. The molecule has 1 saturated carbocycles. The Morgan fingerprint density at radius 3 is 2.59 bits per heavy atom. The molecule has 1 aliphatic rings. The van der Waals surface area contributed by atoms with Crippen LogP contribution >= 0.6 is 0 Å². The summed E-state index contributed by atoms with van der Waals surface area (Å²) in [7, 11) is 1.69. The number of anilines is 1. The molecule has 6 heteroatoms. The number of hydrogen-bond acceptors (Lipinski definition) is 5. The number of nitrogens with zero attached hydrogens (tertiary/aromatic N) is 4. The summed E-state index contributed by atoms with van der Waals surface area (Å²) in [5.74, 6) is 2.41. The second kappa shape index (κ2) is 7.39. The lowest BCUT2D eigenvalue weighted by molar-refractivity contribution is 0.255. The van der Waals surface area contributed by atoms with Crippen LogP contribution in [0.1, 0.15) is 38.4 Å². The van der Waals surface area contributed by atoms with Crippen molar-refractivity contribution >= 4 is 5.69 Å². The van der Waals surface area contributed by atoms with Crippen LogP contribution in [0.25, 0.3) is 5.69 Å². The van der Waals surface area contributed by atoms with Crippen LogP contribution in [0, 0.1) is 5.92 Å². The molecule has 0 amide bonds. The summed E-state index contributed by atoms with van der Waals surface area (Å²) in [5, 5.41) is 16.5. The minimum absolute atomic E-state index is 0.307. The van der Waals surface area contributed by atoms with E-state index in [-0.39, 0.29) is 5.54 Å². The highest BCUT2D eigenvalue weighted by atomic mass is 16.5. The van der Waals surface area contributed by atoms with Gasteiger partial charge < -0.3 is 10.1 Å². The highest BCUT2D eigenvalue weighted by molar-refractivity contribution is 5.51. The van der Waals surface area contributed by atoms with E-state index in [1.165, 1.54) is 0 Å². The predicted octanol–water partition coefficient (Wildman–Crippen LogP) is 4.19. The zero-order valence-electron chi connectivity index (χ0n) is 15.8. The standard InChI is InChI=1S/C21H25N5O/c1-16-11-13-21(14-12-16,22-17-7-6-10-19(15-17)27-2)20-23-24-25-26(20)18-8-4-3-5-9-18/h3-10,15-16,22H,11-14H2,1-2H3. The van der Waals surface area contributed by atoms with E-state index in [2.05, 4.69) is 33.8 Å². The molecule has 2 aromatic carbocycles. The van der Waals surface area contributed by atoms with Crippen molar-refractivity contribution in [3.05, 3.63) is 60.4 Å². The molecule has 3 aromatic rings. The van der Waals surface area contributed by atoms with Crippen molar-refractivity contribution in [2.75, 3.05) is 12.4 Å². The Morgan fingerprint density at radius 2 is 1.85 bits per heavy atom. The van der Waals surface area contributed by atoms with Crippen molar-refractivity contribution in [3.63, 3.8) is 0 Å². The van der Waals surface area contributed by atoms with Gasteiger partial charge in [0.1, 0.15) is 5.75 Å². The summed E-state index contributed by atoms with van der Waals surface area (Å²) in [5.41, 5.74) is 1.69. The number of para-hydroxylation sites is 1. The van der Waals surface area contributed by atoms with Crippen molar-refractivity contribution in [1.82, 2.24) is 20.2 Å². The average Bonchev–Trinajstić information content (AvgIpc) is 3.21. The van der Waals surface area contributed by atoms with E-state index in [1.807, 2.05) is 53.2 Å². The van der Waals surface area contributed by atoms with Crippen molar-refractivity contribution in [3.8, 4) is 11.4 Å². The average molecular weight is 363 g/mol. The van der Waals surface area contributed by atoms with Gasteiger partial charge in [0, 0.05) is 11.8 Å². The first-order valence-electron chi connectivity index (χ1n) is 9.47. The Labute approximate surface area is 159 Å². The number of benzene rings is 2. The summed E-state index contributed by atoms with van der Waals surface area (Å²) in [6, 6.07) is 18.1. The van der Waals surface area contributed by atoms with Crippen LogP contribution in [0.2, 0.25) is 0 Å². The fourth-order valence-corrected chi connectivity index (χ4v) is 3.87. The maximum atomic E-state index is 5.39. The second-order valence-corrected chi connectivity index (χ2v) is 7.37. The van der Waals surface area contributed by atoms with Gasteiger partial charge in [0.15, 0.2) is 5.82 Å². The van der Waals surface area contributed by atoms with E-state index in [0.29, 0.717) is 5.92 Å². The molecule has 1 fully saturated rings. The molecule has 0 atom stereocenters. The Hall–Kier alpha value is -2.89. The van der Waals surface area contributed by atoms with E-state index in [0.717, 1.165) is 48.6 Å². The number of nitrogens with one attached hydrogen (secondary N) is 1. The Morgan fingerprint density at radius 1 is 1.07 bits per heavy atom. The largest absolute Gasteiger partial charge is 0.497 e. The molecule has 0 bridgehead atoms. The molecule has 6 nitrogen and oxygen atoms in total. The smallest absolute Gasteiger partial charge is 0.181 e. The van der Waals surface area contributed by atoms with E-state index in [9.17, 15) is 0 Å². The zero-order valence-corrected chi connectivity index (χ0v) is 15.8. The third-order valence-corrected chi connectivity index (χ3v) is 5.48. The minimum Gasteiger partial charge on any atom is -0.497 e. The molecule has 0 saturated heterocycles. The van der Waals surface area contributed by atoms with Crippen molar-refractivity contribution in [2.45, 2.75) is 38.1 Å². The van der Waals surface area contributed by atoms with Crippen molar-refractivity contribution in [2.24, 2.45) is 5.92 Å².